The molecule has 38 heavy (non-hydrogen) atoms. The van der Waals surface area contributed by atoms with E-state index in [-0.39, 0.29) is 26.0 Å². The summed E-state index contributed by atoms with van der Waals surface area (Å²) in [5.41, 5.74) is -0.627. The second-order valence-corrected chi connectivity index (χ2v) is 12.1. The van der Waals surface area contributed by atoms with Gasteiger partial charge in [0.2, 0.25) is 0 Å². The molecule has 0 saturated carbocycles. The van der Waals surface area contributed by atoms with Crippen molar-refractivity contribution < 1.29 is 42.0 Å². The summed E-state index contributed by atoms with van der Waals surface area (Å²) < 4.78 is 44.8. The van der Waals surface area contributed by atoms with Gasteiger partial charge in [-0.1, -0.05) is 84.0 Å². The van der Waals surface area contributed by atoms with Gasteiger partial charge < -0.3 is 19.7 Å². The summed E-state index contributed by atoms with van der Waals surface area (Å²) >= 11 is 0. The van der Waals surface area contributed by atoms with E-state index in [1.165, 1.54) is 57.8 Å². The molecule has 11 heteroatoms. The molecule has 0 aromatic heterocycles. The van der Waals surface area contributed by atoms with E-state index < -0.39 is 44.9 Å². The lowest BCUT2D eigenvalue weighted by molar-refractivity contribution is -0.152. The number of alkyl halides is 1. The number of nitrogens with one attached hydrogen (secondary N) is 1. The average molecular weight is 570 g/mol. The predicted molar refractivity (Wildman–Crippen MR) is 147 cm³/mol. The van der Waals surface area contributed by atoms with Crippen molar-refractivity contribution in [1.29, 1.82) is 0 Å². The first-order valence-corrected chi connectivity index (χ1v) is 15.8. The molecule has 0 fully saturated rings. The third-order valence-electron chi connectivity index (χ3n) is 5.62. The van der Waals surface area contributed by atoms with Crippen LogP contribution < -0.4 is 5.32 Å². The molecule has 0 aromatic carbocycles. The van der Waals surface area contributed by atoms with Gasteiger partial charge in [-0.25, -0.2) is 13.8 Å². The number of hydrogen-bond donors (Lipinski definition) is 2. The minimum Gasteiger partial charge on any atom is -0.457 e. The number of hydrogen-bond acceptors (Lipinski definition) is 7. The first-order chi connectivity index (χ1) is 18.0. The highest BCUT2D eigenvalue weighted by atomic mass is 31.2. The highest BCUT2D eigenvalue weighted by Gasteiger charge is 2.25. The third kappa shape index (κ3) is 25.1. The largest absolute Gasteiger partial charge is 0.472 e. The highest BCUT2D eigenvalue weighted by Crippen LogP contribution is 2.43. The van der Waals surface area contributed by atoms with Gasteiger partial charge in [0.25, 0.3) is 0 Å². The smallest absolute Gasteiger partial charge is 0.457 e. The molecule has 9 nitrogen and oxygen atoms in total. The molecule has 2 atom stereocenters. The Hall–Kier alpha value is -1.22. The number of carbonyl (C=O) groups excluding carboxylic acids is 2. The van der Waals surface area contributed by atoms with Crippen LogP contribution >= 0.6 is 7.82 Å². The van der Waals surface area contributed by atoms with Gasteiger partial charge in [0.15, 0.2) is 6.10 Å². The maximum absolute atomic E-state index is 13.2. The van der Waals surface area contributed by atoms with E-state index in [9.17, 15) is 23.4 Å². The topological polar surface area (TPSA) is 120 Å². The average Bonchev–Trinajstić information content (AvgIpc) is 2.83. The molecule has 0 aliphatic carbocycles. The van der Waals surface area contributed by atoms with Crippen LogP contribution in [-0.2, 0) is 27.9 Å². The zero-order valence-corrected chi connectivity index (χ0v) is 25.0. The Morgan fingerprint density at radius 2 is 1.39 bits per heavy atom. The fraction of sp³-hybridized carbons (Fsp3) is 0.926. The van der Waals surface area contributed by atoms with Crippen LogP contribution in [0, 0.1) is 0 Å². The van der Waals surface area contributed by atoms with E-state index in [1.807, 2.05) is 0 Å². The van der Waals surface area contributed by atoms with Crippen LogP contribution in [0.2, 0.25) is 0 Å². The number of carbonyl (C=O) groups is 2. The normalized spacial score (nSPS) is 14.1. The predicted octanol–water partition coefficient (Wildman–Crippen LogP) is 7.40. The third-order valence-corrected chi connectivity index (χ3v) is 6.61. The monoisotopic (exact) mass is 569 g/mol. The van der Waals surface area contributed by atoms with E-state index in [1.54, 1.807) is 20.8 Å². The molecule has 0 saturated heterocycles. The van der Waals surface area contributed by atoms with Crippen LogP contribution in [0.15, 0.2) is 0 Å². The molecular formula is C27H53FNO8P. The number of rotatable bonds is 24. The molecule has 0 heterocycles. The fourth-order valence-corrected chi connectivity index (χ4v) is 4.40. The van der Waals surface area contributed by atoms with Crippen molar-refractivity contribution >= 4 is 19.9 Å². The first kappa shape index (κ1) is 36.8. The standard InChI is InChI=1S/C27H53FNO8P/c1-5-6-7-8-9-10-11-12-13-14-15-16-17-19-25(30)36-24(22-28)23-35-38(32,33)34-21-18-20-29-26(31)37-27(2,3)4/h24H,5-23H2,1-4H3,(H,29,31)(H,32,33)/t24-/m1/s1. The maximum atomic E-state index is 13.2. The van der Waals surface area contributed by atoms with Crippen LogP contribution in [0.5, 0.6) is 0 Å². The highest BCUT2D eigenvalue weighted by molar-refractivity contribution is 7.47. The summed E-state index contributed by atoms with van der Waals surface area (Å²) in [7, 11) is -4.45. The summed E-state index contributed by atoms with van der Waals surface area (Å²) in [5, 5.41) is 2.49. The Morgan fingerprint density at radius 3 is 1.89 bits per heavy atom. The van der Waals surface area contributed by atoms with Crippen LogP contribution in [0.4, 0.5) is 9.18 Å². The van der Waals surface area contributed by atoms with Gasteiger partial charge in [0.05, 0.1) is 13.2 Å². The molecule has 0 rings (SSSR count). The number of ether oxygens (including phenoxy) is 2. The molecule has 226 valence electrons. The molecule has 1 unspecified atom stereocenters. The van der Waals surface area contributed by atoms with Crippen LogP contribution in [0.1, 0.15) is 124 Å². The Labute approximate surface area is 229 Å². The lowest BCUT2D eigenvalue weighted by Gasteiger charge is -2.19. The minimum absolute atomic E-state index is 0.166. The van der Waals surface area contributed by atoms with Crippen LogP contribution in [0.3, 0.4) is 0 Å². The van der Waals surface area contributed by atoms with Crippen molar-refractivity contribution in [1.82, 2.24) is 5.32 Å². The van der Waals surface area contributed by atoms with Crippen LogP contribution in [-0.4, -0.2) is 55.1 Å². The Morgan fingerprint density at radius 1 is 0.868 bits per heavy atom. The number of phosphoric acid groups is 1. The Bertz CT molecular complexity index is 659. The Kier molecular flexibility index (Phi) is 21.9. The van der Waals surface area contributed by atoms with E-state index in [2.05, 4.69) is 12.2 Å². The summed E-state index contributed by atoms with van der Waals surface area (Å²) in [6, 6.07) is 0. The quantitative estimate of drug-likeness (QED) is 0.0701. The van der Waals surface area contributed by atoms with E-state index in [0.29, 0.717) is 6.42 Å². The summed E-state index contributed by atoms with van der Waals surface area (Å²) in [6.07, 6.45) is 14.0. The minimum atomic E-state index is -4.45. The van der Waals surface area contributed by atoms with Gasteiger partial charge in [-0.05, 0) is 33.6 Å². The molecule has 0 aliphatic heterocycles. The first-order valence-electron chi connectivity index (χ1n) is 14.3. The SMILES string of the molecule is CCCCCCCCCCCCCCCC(=O)O[C@H](CF)COP(=O)(O)OCCCNC(=O)OC(C)(C)C. The van der Waals surface area contributed by atoms with Crippen molar-refractivity contribution in [2.45, 2.75) is 136 Å². The number of phosphoric ester groups is 1. The van der Waals surface area contributed by atoms with Gasteiger partial charge >= 0.3 is 19.9 Å². The van der Waals surface area contributed by atoms with Gasteiger partial charge in [-0.2, -0.15) is 0 Å². The number of alkyl carbamates (subject to hydrolysis) is 1. The maximum Gasteiger partial charge on any atom is 0.472 e. The number of halogens is 1. The molecule has 0 radical (unpaired) electrons. The van der Waals surface area contributed by atoms with Crippen molar-refractivity contribution in [3.05, 3.63) is 0 Å². The second-order valence-electron chi connectivity index (χ2n) is 10.6. The van der Waals surface area contributed by atoms with Crippen LogP contribution in [0.25, 0.3) is 0 Å². The molecule has 1 amide bonds. The number of esters is 1. The zero-order chi connectivity index (χ0) is 28.7. The lowest BCUT2D eigenvalue weighted by atomic mass is 10.0. The van der Waals surface area contributed by atoms with Crippen molar-refractivity contribution in [3.63, 3.8) is 0 Å². The van der Waals surface area contributed by atoms with E-state index in [0.717, 1.165) is 19.3 Å². The van der Waals surface area contributed by atoms with E-state index in [4.69, 9.17) is 18.5 Å². The molecule has 0 spiro atoms. The molecule has 0 bridgehead atoms. The molecule has 0 aliphatic rings. The number of unbranched alkanes of at least 4 members (excludes halogenated alkanes) is 12. The lowest BCUT2D eigenvalue weighted by Crippen LogP contribution is -2.33. The zero-order valence-electron chi connectivity index (χ0n) is 24.1. The summed E-state index contributed by atoms with van der Waals surface area (Å²) in [4.78, 5) is 33.2. The fourth-order valence-electron chi connectivity index (χ4n) is 3.61. The van der Waals surface area contributed by atoms with Crippen molar-refractivity contribution in [2.75, 3.05) is 26.4 Å². The molecule has 0 aromatic rings. The van der Waals surface area contributed by atoms with Gasteiger partial charge in [0, 0.05) is 13.0 Å². The van der Waals surface area contributed by atoms with Gasteiger partial charge in [0.1, 0.15) is 12.3 Å². The van der Waals surface area contributed by atoms with Crippen molar-refractivity contribution in [3.8, 4) is 0 Å². The Balaban J connectivity index is 3.81. The van der Waals surface area contributed by atoms with Gasteiger partial charge in [-0.3, -0.25) is 13.8 Å². The molecule has 2 N–H and O–H groups in total. The second kappa shape index (κ2) is 22.6. The summed E-state index contributed by atoms with van der Waals surface area (Å²) in [6.45, 7) is 5.79. The number of amides is 1. The van der Waals surface area contributed by atoms with Gasteiger partial charge in [-0.15, -0.1) is 0 Å². The van der Waals surface area contributed by atoms with E-state index >= 15 is 0 Å². The molecular weight excluding hydrogens is 516 g/mol. The van der Waals surface area contributed by atoms with Crippen molar-refractivity contribution in [2.24, 2.45) is 0 Å². The summed E-state index contributed by atoms with van der Waals surface area (Å²) in [5.74, 6) is -0.554.